The van der Waals surface area contributed by atoms with Crippen molar-refractivity contribution in [1.82, 2.24) is 5.32 Å². The second-order valence-electron chi connectivity index (χ2n) is 9.38. The molecule has 0 saturated carbocycles. The molecule has 1 saturated heterocycles. The summed E-state index contributed by atoms with van der Waals surface area (Å²) in [4.78, 5) is 23.8. The number of amides is 1. The number of nitrogens with one attached hydrogen (secondary N) is 1. The van der Waals surface area contributed by atoms with Crippen molar-refractivity contribution in [1.29, 1.82) is 0 Å². The molecular formula is C20H31BINO6Si. The number of alkyl carbamates (subject to hydrolysis) is 1. The van der Waals surface area contributed by atoms with Crippen molar-refractivity contribution in [2.24, 2.45) is 0 Å². The molecule has 1 aromatic carbocycles. The molecule has 1 amide bonds. The normalized spacial score (nSPS) is 21.9. The fourth-order valence-electron chi connectivity index (χ4n) is 2.83. The van der Waals surface area contributed by atoms with E-state index in [9.17, 15) is 14.7 Å². The molecule has 2 unspecified atom stereocenters. The molecule has 1 aliphatic rings. The molecule has 10 heteroatoms. The van der Waals surface area contributed by atoms with E-state index in [-0.39, 0.29) is 6.54 Å². The second kappa shape index (κ2) is 9.58. The van der Waals surface area contributed by atoms with Crippen LogP contribution in [0.25, 0.3) is 0 Å². The lowest BCUT2D eigenvalue weighted by Crippen LogP contribution is -2.38. The van der Waals surface area contributed by atoms with Crippen molar-refractivity contribution in [3.63, 3.8) is 0 Å². The van der Waals surface area contributed by atoms with Gasteiger partial charge in [-0.05, 0) is 60.4 Å². The molecule has 1 heterocycles. The van der Waals surface area contributed by atoms with Gasteiger partial charge in [0.2, 0.25) is 0 Å². The van der Waals surface area contributed by atoms with Crippen LogP contribution in [0, 0.1) is 0 Å². The number of carbonyl (C=O) groups is 2. The Morgan fingerprint density at radius 2 is 1.93 bits per heavy atom. The van der Waals surface area contributed by atoms with Gasteiger partial charge in [-0.1, -0.05) is 43.9 Å². The SMILES string of the molecule is CC1(C)OB(c2cccc(C(CNC(=O)OCC[Si](C)(C)C)C(=O)O)c2)OC1(C)I. The third kappa shape index (κ3) is 6.69. The molecule has 0 aromatic heterocycles. The van der Waals surface area contributed by atoms with Gasteiger partial charge in [0, 0.05) is 14.6 Å². The van der Waals surface area contributed by atoms with Gasteiger partial charge in [-0.2, -0.15) is 0 Å². The summed E-state index contributed by atoms with van der Waals surface area (Å²) >= 11 is 2.22. The smallest absolute Gasteiger partial charge is 0.481 e. The Kier molecular flexibility index (Phi) is 8.03. The monoisotopic (exact) mass is 547 g/mol. The summed E-state index contributed by atoms with van der Waals surface area (Å²) in [5.41, 5.74) is 0.807. The van der Waals surface area contributed by atoms with Crippen molar-refractivity contribution >= 4 is 55.3 Å². The first-order valence-corrected chi connectivity index (χ1v) is 14.8. The van der Waals surface area contributed by atoms with Gasteiger partial charge in [-0.25, -0.2) is 4.79 Å². The van der Waals surface area contributed by atoms with Crippen LogP contribution in [0.2, 0.25) is 25.7 Å². The van der Waals surface area contributed by atoms with E-state index >= 15 is 0 Å². The maximum Gasteiger partial charge on any atom is 0.495 e. The molecule has 166 valence electrons. The number of halogens is 1. The largest absolute Gasteiger partial charge is 0.495 e. The lowest BCUT2D eigenvalue weighted by Gasteiger charge is -2.30. The van der Waals surface area contributed by atoms with Crippen molar-refractivity contribution in [3.05, 3.63) is 29.8 Å². The summed E-state index contributed by atoms with van der Waals surface area (Å²) in [5, 5.41) is 12.3. The second-order valence-corrected chi connectivity index (χ2v) is 17.1. The molecule has 0 spiro atoms. The fraction of sp³-hybridized carbons (Fsp3) is 0.600. The van der Waals surface area contributed by atoms with Gasteiger partial charge in [-0.3, -0.25) is 4.79 Å². The van der Waals surface area contributed by atoms with Gasteiger partial charge in [-0.15, -0.1) is 0 Å². The number of carboxylic acids is 1. The topological polar surface area (TPSA) is 94.1 Å². The molecule has 7 nitrogen and oxygen atoms in total. The maximum absolute atomic E-state index is 12.0. The molecule has 0 bridgehead atoms. The molecular weight excluding hydrogens is 516 g/mol. The Labute approximate surface area is 193 Å². The minimum atomic E-state index is -1.30. The van der Waals surface area contributed by atoms with Crippen molar-refractivity contribution in [3.8, 4) is 0 Å². The third-order valence-corrected chi connectivity index (χ3v) is 8.48. The summed E-state index contributed by atoms with van der Waals surface area (Å²) in [5.74, 6) is -1.93. The molecule has 0 radical (unpaired) electrons. The number of hydrogen-bond donors (Lipinski definition) is 2. The highest BCUT2D eigenvalue weighted by atomic mass is 127. The predicted octanol–water partition coefficient (Wildman–Crippen LogP) is 3.59. The summed E-state index contributed by atoms with van der Waals surface area (Å²) in [6.07, 6.45) is -0.597. The molecule has 2 rings (SSSR count). The Bertz CT molecular complexity index is 767. The van der Waals surface area contributed by atoms with E-state index in [1.54, 1.807) is 18.2 Å². The number of hydrogen-bond acceptors (Lipinski definition) is 5. The first-order chi connectivity index (χ1) is 13.7. The van der Waals surface area contributed by atoms with Crippen LogP contribution in [0.15, 0.2) is 24.3 Å². The van der Waals surface area contributed by atoms with Gasteiger partial charge in [0.1, 0.15) is 3.61 Å². The molecule has 0 aliphatic carbocycles. The van der Waals surface area contributed by atoms with E-state index in [0.717, 1.165) is 11.5 Å². The summed E-state index contributed by atoms with van der Waals surface area (Å²) in [6, 6.07) is 7.96. The molecule has 1 fully saturated rings. The van der Waals surface area contributed by atoms with E-state index in [0.29, 0.717) is 12.2 Å². The highest BCUT2D eigenvalue weighted by Crippen LogP contribution is 2.42. The lowest BCUT2D eigenvalue weighted by atomic mass is 9.77. The summed E-state index contributed by atoms with van der Waals surface area (Å²) in [6.45, 7) is 12.7. The first-order valence-electron chi connectivity index (χ1n) is 10.00. The molecule has 1 aliphatic heterocycles. The number of alkyl halides is 1. The number of carboxylic acid groups (broad SMARTS) is 1. The van der Waals surface area contributed by atoms with E-state index < -0.39 is 42.4 Å². The standard InChI is InChI=1S/C20H31BINO6Si/c1-19(2)20(3,22)29-21(28-19)15-9-7-8-14(12-15)16(17(24)25)13-23-18(26)27-10-11-30(4,5)6/h7-9,12,16H,10-11,13H2,1-6H3,(H,23,26)(H,24,25). The molecule has 30 heavy (non-hydrogen) atoms. The highest BCUT2D eigenvalue weighted by molar-refractivity contribution is 14.1. The molecule has 2 N–H and O–H groups in total. The summed E-state index contributed by atoms with van der Waals surface area (Å²) < 4.78 is 16.8. The van der Waals surface area contributed by atoms with Gasteiger partial charge >= 0.3 is 19.2 Å². The Morgan fingerprint density at radius 3 is 2.47 bits per heavy atom. The summed E-state index contributed by atoms with van der Waals surface area (Å²) in [7, 11) is -1.89. The van der Waals surface area contributed by atoms with E-state index in [1.807, 2.05) is 26.8 Å². The minimum absolute atomic E-state index is 0.0631. The molecule has 2 atom stereocenters. The number of carbonyl (C=O) groups excluding carboxylic acids is 1. The fourth-order valence-corrected chi connectivity index (χ4v) is 3.90. The maximum atomic E-state index is 12.0. The zero-order valence-corrected chi connectivity index (χ0v) is 21.6. The number of benzene rings is 1. The van der Waals surface area contributed by atoms with Crippen LogP contribution in [0.3, 0.4) is 0 Å². The van der Waals surface area contributed by atoms with Gasteiger partial charge < -0.3 is 24.5 Å². The van der Waals surface area contributed by atoms with Crippen LogP contribution in [0.5, 0.6) is 0 Å². The predicted molar refractivity (Wildman–Crippen MR) is 128 cm³/mol. The van der Waals surface area contributed by atoms with Crippen molar-refractivity contribution in [2.45, 2.75) is 61.6 Å². The van der Waals surface area contributed by atoms with Crippen molar-refractivity contribution < 1.29 is 28.7 Å². The van der Waals surface area contributed by atoms with E-state index in [2.05, 4.69) is 47.5 Å². The minimum Gasteiger partial charge on any atom is -0.481 e. The Hall–Kier alpha value is -1.11. The Morgan fingerprint density at radius 1 is 1.27 bits per heavy atom. The van der Waals surface area contributed by atoms with Gasteiger partial charge in [0.25, 0.3) is 0 Å². The first kappa shape index (κ1) is 25.2. The zero-order chi connectivity index (χ0) is 22.7. The number of aliphatic carboxylic acids is 1. The Balaban J connectivity index is 2.04. The van der Waals surface area contributed by atoms with Crippen LogP contribution >= 0.6 is 22.6 Å². The van der Waals surface area contributed by atoms with Crippen LogP contribution < -0.4 is 10.8 Å². The number of ether oxygens (including phenoxy) is 1. The lowest BCUT2D eigenvalue weighted by molar-refractivity contribution is -0.138. The van der Waals surface area contributed by atoms with Crippen LogP contribution in [0.4, 0.5) is 4.79 Å². The zero-order valence-electron chi connectivity index (χ0n) is 18.5. The highest BCUT2D eigenvalue weighted by Gasteiger charge is 2.53. The number of rotatable bonds is 8. The quantitative estimate of drug-likeness (QED) is 0.294. The van der Waals surface area contributed by atoms with Gasteiger partial charge in [0.15, 0.2) is 0 Å². The van der Waals surface area contributed by atoms with Crippen molar-refractivity contribution in [2.75, 3.05) is 13.2 Å². The third-order valence-electron chi connectivity index (χ3n) is 5.22. The van der Waals surface area contributed by atoms with E-state index in [1.165, 1.54) is 0 Å². The van der Waals surface area contributed by atoms with Crippen LogP contribution in [0.1, 0.15) is 32.3 Å². The van der Waals surface area contributed by atoms with Crippen LogP contribution in [-0.2, 0) is 18.8 Å². The average molecular weight is 547 g/mol. The molecule has 1 aromatic rings. The van der Waals surface area contributed by atoms with E-state index in [4.69, 9.17) is 14.0 Å². The van der Waals surface area contributed by atoms with Crippen LogP contribution in [-0.4, -0.2) is 54.7 Å². The average Bonchev–Trinajstić information content (AvgIpc) is 2.81. The van der Waals surface area contributed by atoms with Gasteiger partial charge in [0.05, 0.1) is 18.1 Å².